The van der Waals surface area contributed by atoms with E-state index >= 15 is 4.39 Å². The second-order valence-corrected chi connectivity index (χ2v) is 10.4. The number of anilines is 1. The van der Waals surface area contributed by atoms with Crippen LogP contribution in [0, 0.1) is 11.7 Å². The van der Waals surface area contributed by atoms with Gasteiger partial charge in [-0.05, 0) is 50.1 Å². The van der Waals surface area contributed by atoms with Gasteiger partial charge in [-0.15, -0.1) is 11.3 Å². The molecule has 1 aliphatic carbocycles. The molecule has 0 bridgehead atoms. The fraction of sp³-hybridized carbons (Fsp3) is 0.542. The van der Waals surface area contributed by atoms with E-state index in [0.717, 1.165) is 41.9 Å². The number of thiophene rings is 1. The van der Waals surface area contributed by atoms with Gasteiger partial charge in [-0.25, -0.2) is 4.39 Å². The average molecular weight is 460 g/mol. The zero-order valence-corrected chi connectivity index (χ0v) is 19.6. The number of aromatic hydroxyl groups is 1. The molecule has 0 amide bonds. The number of pyridine rings is 1. The van der Waals surface area contributed by atoms with Gasteiger partial charge in [-0.1, -0.05) is 13.8 Å². The highest BCUT2D eigenvalue weighted by molar-refractivity contribution is 7.19. The molecular formula is C24H30FN3O3S. The fourth-order valence-corrected chi connectivity index (χ4v) is 6.35. The Balaban J connectivity index is 1.87. The standard InChI is InChI=1S/C24H30FN3O3S/c1-12(2)23-21(30)17-20(29)15-9-16(25)19(27-8-4-5-13(10-26)11-27)22(31-3)18(15)28(14-6-7-14)24(17)32-23/h9,12-14,30H,4-8,10-11,26H2,1-3H3. The monoisotopic (exact) mass is 459 g/mol. The largest absolute Gasteiger partial charge is 0.506 e. The average Bonchev–Trinajstić information content (AvgIpc) is 3.55. The number of hydrogen-bond donors (Lipinski definition) is 2. The van der Waals surface area contributed by atoms with Crippen LogP contribution in [-0.4, -0.2) is 36.4 Å². The number of benzene rings is 1. The minimum atomic E-state index is -0.468. The van der Waals surface area contributed by atoms with Crippen molar-refractivity contribution in [1.29, 1.82) is 0 Å². The zero-order valence-electron chi connectivity index (χ0n) is 18.8. The first-order valence-corrected chi connectivity index (χ1v) is 12.2. The predicted octanol–water partition coefficient (Wildman–Crippen LogP) is 4.70. The van der Waals surface area contributed by atoms with Crippen molar-refractivity contribution in [3.8, 4) is 11.5 Å². The van der Waals surface area contributed by atoms with E-state index < -0.39 is 5.82 Å². The van der Waals surface area contributed by atoms with Crippen LogP contribution in [0.1, 0.15) is 56.4 Å². The molecular weight excluding hydrogens is 429 g/mol. The van der Waals surface area contributed by atoms with E-state index in [1.807, 2.05) is 18.7 Å². The summed E-state index contributed by atoms with van der Waals surface area (Å²) in [7, 11) is 1.54. The van der Waals surface area contributed by atoms with Crippen molar-refractivity contribution >= 4 is 38.1 Å². The maximum absolute atomic E-state index is 15.6. The molecule has 1 atom stereocenters. The maximum atomic E-state index is 15.6. The van der Waals surface area contributed by atoms with Crippen molar-refractivity contribution < 1.29 is 14.2 Å². The van der Waals surface area contributed by atoms with Crippen LogP contribution in [0.25, 0.3) is 21.1 Å². The minimum absolute atomic E-state index is 0.0339. The Morgan fingerprint density at radius 1 is 1.34 bits per heavy atom. The van der Waals surface area contributed by atoms with Crippen molar-refractivity contribution in [1.82, 2.24) is 4.57 Å². The lowest BCUT2D eigenvalue weighted by molar-refractivity contribution is 0.395. The molecule has 1 saturated heterocycles. The van der Waals surface area contributed by atoms with Gasteiger partial charge in [0.25, 0.3) is 0 Å². The first-order valence-electron chi connectivity index (χ1n) is 11.4. The summed E-state index contributed by atoms with van der Waals surface area (Å²) >= 11 is 1.46. The molecule has 0 spiro atoms. The lowest BCUT2D eigenvalue weighted by Gasteiger charge is -2.35. The summed E-state index contributed by atoms with van der Waals surface area (Å²) in [4.78, 5) is 17.1. The molecule has 3 heterocycles. The quantitative estimate of drug-likeness (QED) is 0.578. The molecule has 2 aromatic heterocycles. The molecule has 1 aromatic carbocycles. The number of aromatic nitrogens is 1. The van der Waals surface area contributed by atoms with Crippen LogP contribution >= 0.6 is 11.3 Å². The number of methoxy groups -OCH3 is 1. The smallest absolute Gasteiger partial charge is 0.202 e. The number of nitrogens with two attached hydrogens (primary N) is 1. The van der Waals surface area contributed by atoms with Gasteiger partial charge >= 0.3 is 0 Å². The van der Waals surface area contributed by atoms with E-state index in [2.05, 4.69) is 4.57 Å². The Morgan fingerprint density at radius 3 is 2.72 bits per heavy atom. The fourth-order valence-electron chi connectivity index (χ4n) is 5.08. The second kappa shape index (κ2) is 7.92. The van der Waals surface area contributed by atoms with Crippen LogP contribution in [0.3, 0.4) is 0 Å². The van der Waals surface area contributed by atoms with Crippen LogP contribution < -0.4 is 20.8 Å². The third-order valence-electron chi connectivity index (χ3n) is 6.81. The van der Waals surface area contributed by atoms with E-state index in [-0.39, 0.29) is 28.5 Å². The summed E-state index contributed by atoms with van der Waals surface area (Å²) < 4.78 is 23.5. The molecule has 0 radical (unpaired) electrons. The maximum Gasteiger partial charge on any atom is 0.202 e. The third-order valence-corrected chi connectivity index (χ3v) is 8.29. The van der Waals surface area contributed by atoms with E-state index in [0.29, 0.717) is 41.3 Å². The Kier molecular flexibility index (Phi) is 5.33. The number of nitrogens with zero attached hydrogens (tertiary/aromatic N) is 2. The Morgan fingerprint density at radius 2 is 2.09 bits per heavy atom. The van der Waals surface area contributed by atoms with Crippen molar-refractivity contribution in [2.45, 2.75) is 51.5 Å². The normalized spacial score (nSPS) is 19.4. The number of halogens is 1. The van der Waals surface area contributed by atoms with Crippen LogP contribution in [0.5, 0.6) is 11.5 Å². The van der Waals surface area contributed by atoms with Gasteiger partial charge in [0.05, 0.1) is 28.3 Å². The number of piperidine rings is 1. The van der Waals surface area contributed by atoms with Crippen molar-refractivity contribution in [3.63, 3.8) is 0 Å². The lowest BCUT2D eigenvalue weighted by atomic mass is 9.97. The molecule has 172 valence electrons. The van der Waals surface area contributed by atoms with Gasteiger partial charge in [-0.3, -0.25) is 4.79 Å². The van der Waals surface area contributed by atoms with Gasteiger partial charge in [-0.2, -0.15) is 0 Å². The summed E-state index contributed by atoms with van der Waals surface area (Å²) in [6, 6.07) is 1.55. The highest BCUT2D eigenvalue weighted by Crippen LogP contribution is 2.49. The molecule has 1 aliphatic heterocycles. The van der Waals surface area contributed by atoms with Gasteiger partial charge in [0.1, 0.15) is 16.3 Å². The third kappa shape index (κ3) is 3.18. The molecule has 1 unspecified atom stereocenters. The van der Waals surface area contributed by atoms with Crippen molar-refractivity contribution in [3.05, 3.63) is 27.0 Å². The summed E-state index contributed by atoms with van der Waals surface area (Å²) in [5.41, 5.74) is 6.63. The molecule has 2 aliphatic rings. The minimum Gasteiger partial charge on any atom is -0.506 e. The molecule has 5 rings (SSSR count). The van der Waals surface area contributed by atoms with Crippen LogP contribution in [0.2, 0.25) is 0 Å². The van der Waals surface area contributed by atoms with Crippen LogP contribution in [0.15, 0.2) is 10.9 Å². The first-order chi connectivity index (χ1) is 15.4. The molecule has 1 saturated carbocycles. The van der Waals surface area contributed by atoms with Crippen molar-refractivity contribution in [2.75, 3.05) is 31.6 Å². The van der Waals surface area contributed by atoms with E-state index in [4.69, 9.17) is 10.5 Å². The zero-order chi connectivity index (χ0) is 22.7. The van der Waals surface area contributed by atoms with E-state index in [9.17, 15) is 9.90 Å². The van der Waals surface area contributed by atoms with Crippen molar-refractivity contribution in [2.24, 2.45) is 11.7 Å². The highest BCUT2D eigenvalue weighted by atomic mass is 32.1. The summed E-state index contributed by atoms with van der Waals surface area (Å²) in [5.74, 6) is 0.358. The number of fused-ring (bicyclic) bond motifs is 2. The molecule has 32 heavy (non-hydrogen) atoms. The summed E-state index contributed by atoms with van der Waals surface area (Å²) in [6.07, 6.45) is 3.94. The second-order valence-electron chi connectivity index (χ2n) is 9.41. The summed E-state index contributed by atoms with van der Waals surface area (Å²) in [6.45, 7) is 5.95. The van der Waals surface area contributed by atoms with Gasteiger partial charge < -0.3 is 25.0 Å². The number of hydrogen-bond acceptors (Lipinski definition) is 6. The predicted molar refractivity (Wildman–Crippen MR) is 128 cm³/mol. The summed E-state index contributed by atoms with van der Waals surface area (Å²) in [5, 5.41) is 11.5. The molecule has 3 aromatic rings. The number of ether oxygens (including phenoxy) is 1. The molecule has 8 heteroatoms. The van der Waals surface area contributed by atoms with E-state index in [1.165, 1.54) is 17.4 Å². The van der Waals surface area contributed by atoms with Gasteiger partial charge in [0, 0.05) is 19.1 Å². The van der Waals surface area contributed by atoms with Crippen LogP contribution in [0.4, 0.5) is 10.1 Å². The SMILES string of the molecule is COc1c(N2CCCC(CN)C2)c(F)cc2c(=O)c3c(O)c(C(C)C)sc3n(C3CC3)c12. The molecule has 3 N–H and O–H groups in total. The van der Waals surface area contributed by atoms with Gasteiger partial charge in [0.15, 0.2) is 11.6 Å². The topological polar surface area (TPSA) is 80.7 Å². The molecule has 2 fully saturated rings. The highest BCUT2D eigenvalue weighted by Gasteiger charge is 2.34. The van der Waals surface area contributed by atoms with E-state index in [1.54, 1.807) is 7.11 Å². The van der Waals surface area contributed by atoms with Gasteiger partial charge in [0.2, 0.25) is 5.43 Å². The molecule has 6 nitrogen and oxygen atoms in total. The Bertz CT molecular complexity index is 1260. The Hall–Kier alpha value is -2.32. The number of rotatable bonds is 5. The Labute approximate surface area is 190 Å². The van der Waals surface area contributed by atoms with Crippen LogP contribution in [-0.2, 0) is 0 Å². The first kappa shape index (κ1) is 21.5. The lowest BCUT2D eigenvalue weighted by Crippen LogP contribution is -2.39.